The van der Waals surface area contributed by atoms with Crippen molar-refractivity contribution in [3.05, 3.63) is 11.8 Å². The Bertz CT molecular complexity index is 2170. The van der Waals surface area contributed by atoms with E-state index < -0.39 is 156 Å². The zero-order chi connectivity index (χ0) is 61.8. The highest BCUT2D eigenvalue weighted by molar-refractivity contribution is 5.86. The fourth-order valence-corrected chi connectivity index (χ4v) is 8.65. The number of hydrogen-bond donors (Lipinski definition) is 11. The second-order valence-electron chi connectivity index (χ2n) is 25.6. The molecule has 28 heteroatoms. The van der Waals surface area contributed by atoms with Gasteiger partial charge in [0.1, 0.15) is 75.9 Å². The summed E-state index contributed by atoms with van der Waals surface area (Å²) in [7, 11) is 1.29. The van der Waals surface area contributed by atoms with Gasteiger partial charge < -0.3 is 106 Å². The van der Waals surface area contributed by atoms with Gasteiger partial charge in [-0.2, -0.15) is 0 Å². The molecule has 0 aromatic rings. The summed E-state index contributed by atoms with van der Waals surface area (Å²) in [5, 5.41) is 63.2. The first-order chi connectivity index (χ1) is 37.0. The average molecular weight is 1160 g/mol. The van der Waals surface area contributed by atoms with E-state index >= 15 is 0 Å². The van der Waals surface area contributed by atoms with Gasteiger partial charge >= 0.3 is 30.5 Å². The molecule has 2 aliphatic heterocycles. The monoisotopic (exact) mass is 1160 g/mol. The molecule has 7 amide bonds. The zero-order valence-corrected chi connectivity index (χ0v) is 50.2. The number of nitrogens with zero attached hydrogens (tertiary/aromatic N) is 1. The van der Waals surface area contributed by atoms with Crippen LogP contribution in [0.15, 0.2) is 11.8 Å². The lowest BCUT2D eigenvalue weighted by atomic mass is 9.82. The molecular formula is C53H94N8O20. The summed E-state index contributed by atoms with van der Waals surface area (Å²) in [6.45, 7) is 25.1. The molecule has 81 heavy (non-hydrogen) atoms. The highest BCUT2D eigenvalue weighted by Gasteiger charge is 2.55. The van der Waals surface area contributed by atoms with Gasteiger partial charge in [0.2, 0.25) is 18.1 Å². The highest BCUT2D eigenvalue weighted by Crippen LogP contribution is 2.35. The molecule has 0 aromatic heterocycles. The van der Waals surface area contributed by atoms with Gasteiger partial charge in [0.05, 0.1) is 37.3 Å². The van der Waals surface area contributed by atoms with E-state index in [0.717, 1.165) is 4.90 Å². The van der Waals surface area contributed by atoms with Crippen molar-refractivity contribution in [2.75, 3.05) is 33.3 Å². The fraction of sp³-hybridized carbons (Fsp3) is 0.830. The molecule has 0 bridgehead atoms. The number of carbonyl (C=O) groups is 7. The molecule has 2 heterocycles. The number of likely N-dealkylation sites (N-methyl/N-ethyl adjacent to an activating group) is 1. The minimum absolute atomic E-state index is 0.00312. The second-order valence-corrected chi connectivity index (χ2v) is 25.6. The first kappa shape index (κ1) is 69.8. The van der Waals surface area contributed by atoms with E-state index in [1.54, 1.807) is 110 Å². The number of aliphatic hydroxyl groups is 4. The van der Waals surface area contributed by atoms with Crippen LogP contribution in [0.25, 0.3) is 0 Å². The van der Waals surface area contributed by atoms with Crippen molar-refractivity contribution < 1.29 is 96.6 Å². The lowest BCUT2D eigenvalue weighted by Crippen LogP contribution is -2.71. The Morgan fingerprint density at radius 1 is 0.667 bits per heavy atom. The van der Waals surface area contributed by atoms with Crippen LogP contribution >= 0.6 is 0 Å². The SMILES string of the molecule is CN(C(=O)OC(C)(C)C)[C@@H]1[C@@H](O)[C@@H](O[C@@H]2[C@@H](O)[C@H](O[C@H]3OC(CN)=CC[C@H]3NC(=O)C(CCCNC(=O)OC(C)(C)C)NC(=O)OC(C)(C)C)[C@@H](NC(=O)OC(C)(C)C)C[C@H]2NC(=O)[C@@H](O)CCNC(=O)OC(C)(C)C)OC[C@]1(C)O. The van der Waals surface area contributed by atoms with E-state index in [9.17, 15) is 54.0 Å². The fourth-order valence-electron chi connectivity index (χ4n) is 8.65. The molecule has 3 aliphatic rings. The predicted octanol–water partition coefficient (Wildman–Crippen LogP) is 2.15. The number of nitrogens with one attached hydrogen (secondary N) is 6. The van der Waals surface area contributed by atoms with E-state index in [2.05, 4.69) is 31.9 Å². The first-order valence-corrected chi connectivity index (χ1v) is 27.2. The van der Waals surface area contributed by atoms with Crippen LogP contribution in [0, 0.1) is 0 Å². The van der Waals surface area contributed by atoms with Crippen LogP contribution in [-0.2, 0) is 52.2 Å². The van der Waals surface area contributed by atoms with Gasteiger partial charge in [0, 0.05) is 20.1 Å². The van der Waals surface area contributed by atoms with Crippen molar-refractivity contribution in [1.82, 2.24) is 36.8 Å². The van der Waals surface area contributed by atoms with Crippen LogP contribution in [0.5, 0.6) is 0 Å². The Hall–Kier alpha value is -5.49. The lowest BCUT2D eigenvalue weighted by molar-refractivity contribution is -0.311. The van der Waals surface area contributed by atoms with Gasteiger partial charge in [-0.05, 0) is 149 Å². The smallest absolute Gasteiger partial charge is 0.410 e. The normalized spacial score (nSPS) is 27.1. The molecule has 0 spiro atoms. The zero-order valence-electron chi connectivity index (χ0n) is 50.2. The van der Waals surface area contributed by atoms with Crippen molar-refractivity contribution in [1.29, 1.82) is 0 Å². The van der Waals surface area contributed by atoms with Gasteiger partial charge in [0.25, 0.3) is 0 Å². The number of carbonyl (C=O) groups excluding carboxylic acids is 7. The van der Waals surface area contributed by atoms with Crippen LogP contribution in [0.1, 0.15) is 143 Å². The number of amides is 7. The van der Waals surface area contributed by atoms with Gasteiger partial charge in [-0.25, -0.2) is 24.0 Å². The summed E-state index contributed by atoms with van der Waals surface area (Å²) in [5.74, 6) is -1.57. The Morgan fingerprint density at radius 2 is 1.15 bits per heavy atom. The Kier molecular flexibility index (Phi) is 24.7. The number of rotatable bonds is 19. The number of ether oxygens (including phenoxy) is 9. The maximum atomic E-state index is 14.3. The second kappa shape index (κ2) is 28.7. The summed E-state index contributed by atoms with van der Waals surface area (Å²) in [5.41, 5.74) is -0.473. The standard InChI is InChI=1S/C53H94N8O20/c1-48(2,3)77-43(67)55-23-18-19-29(59-45(69)79-50(7,8)9)39(65)57-30-21-20-28(26-54)74-41(30)75-37-32(60-46(70)80-51(10,11)12)25-31(58-40(66)33(62)22-24-56-44(68)78-49(4,5)6)36(34(37)63)76-42-35(64)38(53(16,72)27-73-42)61(17)47(71)81-52(13,14)15/h20,29-38,41-42,62-64,72H,18-19,21-27,54H2,1-17H3,(H,55,67)(H,56,68)(H,57,65)(H,58,66)(H,59,69)(H,60,70)/t29?,30-,31-,32+,33+,34-,35-,36+,37-,38-,41-,42-,53+/m1/s1. The Morgan fingerprint density at radius 3 is 1.68 bits per heavy atom. The van der Waals surface area contributed by atoms with Gasteiger partial charge in [-0.1, -0.05) is 0 Å². The third-order valence-corrected chi connectivity index (χ3v) is 11.9. The lowest BCUT2D eigenvalue weighted by Gasteiger charge is -2.50. The summed E-state index contributed by atoms with van der Waals surface area (Å²) in [6.07, 6.45) is -15.6. The van der Waals surface area contributed by atoms with E-state index in [-0.39, 0.29) is 57.5 Å². The van der Waals surface area contributed by atoms with Gasteiger partial charge in [-0.15, -0.1) is 0 Å². The minimum atomic E-state index is -1.98. The molecule has 12 N–H and O–H groups in total. The van der Waals surface area contributed by atoms with Gasteiger partial charge in [-0.3, -0.25) is 9.59 Å². The number of alkyl carbamates (subject to hydrolysis) is 4. The molecule has 13 atom stereocenters. The van der Waals surface area contributed by atoms with E-state index in [1.807, 2.05) is 0 Å². The molecule has 1 saturated carbocycles. The third kappa shape index (κ3) is 24.1. The number of hydrogen-bond acceptors (Lipinski definition) is 21. The Labute approximate surface area is 475 Å². The minimum Gasteiger partial charge on any atom is -0.466 e. The maximum absolute atomic E-state index is 14.3. The third-order valence-electron chi connectivity index (χ3n) is 11.9. The summed E-state index contributed by atoms with van der Waals surface area (Å²) < 4.78 is 52.2. The van der Waals surface area contributed by atoms with Crippen molar-refractivity contribution in [3.63, 3.8) is 0 Å². The molecule has 1 saturated heterocycles. The molecular weight excluding hydrogens is 1070 g/mol. The molecule has 2 fully saturated rings. The molecule has 3 rings (SSSR count). The molecule has 0 aromatic carbocycles. The molecule has 466 valence electrons. The summed E-state index contributed by atoms with van der Waals surface area (Å²) >= 11 is 0. The Balaban J connectivity index is 2.12. The number of aliphatic hydroxyl groups excluding tert-OH is 3. The van der Waals surface area contributed by atoms with Crippen LogP contribution in [0.2, 0.25) is 0 Å². The van der Waals surface area contributed by atoms with Gasteiger partial charge in [0.15, 0.2) is 6.29 Å². The largest absolute Gasteiger partial charge is 0.466 e. The summed E-state index contributed by atoms with van der Waals surface area (Å²) in [6, 6.07) is -6.62. The maximum Gasteiger partial charge on any atom is 0.410 e. The average Bonchev–Trinajstić information content (AvgIpc) is 3.27. The molecule has 28 nitrogen and oxygen atoms in total. The summed E-state index contributed by atoms with van der Waals surface area (Å²) in [4.78, 5) is 94.2. The van der Waals surface area contributed by atoms with Crippen molar-refractivity contribution in [3.8, 4) is 0 Å². The quantitative estimate of drug-likeness (QED) is 0.0652. The van der Waals surface area contributed by atoms with Crippen LogP contribution in [0.4, 0.5) is 24.0 Å². The first-order valence-electron chi connectivity index (χ1n) is 27.2. The highest BCUT2D eigenvalue weighted by atomic mass is 16.7. The number of nitrogens with two attached hydrogens (primary N) is 1. The molecule has 0 radical (unpaired) electrons. The van der Waals surface area contributed by atoms with E-state index in [4.69, 9.17) is 48.4 Å². The molecule has 1 aliphatic carbocycles. The topological polar surface area (TPSA) is 385 Å². The van der Waals surface area contributed by atoms with E-state index in [0.29, 0.717) is 0 Å². The van der Waals surface area contributed by atoms with Crippen molar-refractivity contribution in [2.45, 2.75) is 250 Å². The molecule has 1 unspecified atom stereocenters. The van der Waals surface area contributed by atoms with Crippen molar-refractivity contribution in [2.24, 2.45) is 5.73 Å². The van der Waals surface area contributed by atoms with Crippen LogP contribution in [-0.4, -0.2) is 208 Å². The van der Waals surface area contributed by atoms with E-state index in [1.165, 1.54) is 14.0 Å². The van der Waals surface area contributed by atoms with Crippen LogP contribution < -0.4 is 37.6 Å². The predicted molar refractivity (Wildman–Crippen MR) is 290 cm³/mol. The van der Waals surface area contributed by atoms with Crippen LogP contribution in [0.3, 0.4) is 0 Å². The van der Waals surface area contributed by atoms with Crippen molar-refractivity contribution >= 4 is 42.3 Å².